The van der Waals surface area contributed by atoms with Crippen molar-refractivity contribution < 1.29 is 9.47 Å². The van der Waals surface area contributed by atoms with Gasteiger partial charge in [0.15, 0.2) is 0 Å². The molecule has 0 atom stereocenters. The van der Waals surface area contributed by atoms with Gasteiger partial charge in [0.25, 0.3) is 0 Å². The fraction of sp³-hybridized carbons (Fsp3) is 0.143. The molecule has 0 aliphatic heterocycles. The highest BCUT2D eigenvalue weighted by Crippen LogP contribution is 2.23. The van der Waals surface area contributed by atoms with Crippen LogP contribution in [0.3, 0.4) is 0 Å². The van der Waals surface area contributed by atoms with Gasteiger partial charge in [-0.15, -0.1) is 0 Å². The summed E-state index contributed by atoms with van der Waals surface area (Å²) in [6.45, 7) is 0.331. The Hall–Kier alpha value is -2.08. The topological polar surface area (TPSA) is 81.2 Å². The summed E-state index contributed by atoms with van der Waals surface area (Å²) in [6, 6.07) is 8.90. The zero-order chi connectivity index (χ0) is 14.5. The van der Waals surface area contributed by atoms with Crippen molar-refractivity contribution in [1.29, 1.82) is 5.41 Å². The van der Waals surface area contributed by atoms with Gasteiger partial charge in [0.05, 0.1) is 12.8 Å². The van der Waals surface area contributed by atoms with E-state index >= 15 is 0 Å². The van der Waals surface area contributed by atoms with E-state index in [1.807, 2.05) is 12.1 Å². The van der Waals surface area contributed by atoms with Gasteiger partial charge in [0.1, 0.15) is 23.9 Å². The maximum atomic E-state index is 7.47. The number of benzene rings is 1. The van der Waals surface area contributed by atoms with Crippen LogP contribution in [-0.4, -0.2) is 17.9 Å². The van der Waals surface area contributed by atoms with Crippen molar-refractivity contribution in [1.82, 2.24) is 4.98 Å². The van der Waals surface area contributed by atoms with Crippen LogP contribution in [0.5, 0.6) is 11.5 Å². The van der Waals surface area contributed by atoms with Crippen molar-refractivity contribution in [2.45, 2.75) is 6.61 Å². The first-order valence-electron chi connectivity index (χ1n) is 5.85. The Kier molecular flexibility index (Phi) is 4.57. The van der Waals surface area contributed by atoms with Gasteiger partial charge in [-0.2, -0.15) is 0 Å². The number of ether oxygens (including phenoxy) is 2. The van der Waals surface area contributed by atoms with E-state index in [2.05, 4.69) is 20.9 Å². The Balaban J connectivity index is 2.14. The van der Waals surface area contributed by atoms with E-state index in [0.29, 0.717) is 23.7 Å². The van der Waals surface area contributed by atoms with Gasteiger partial charge in [0, 0.05) is 22.3 Å². The summed E-state index contributed by atoms with van der Waals surface area (Å²) in [4.78, 5) is 4.22. The number of nitrogens with one attached hydrogen (secondary N) is 1. The summed E-state index contributed by atoms with van der Waals surface area (Å²) < 4.78 is 11.7. The fourth-order valence-electron chi connectivity index (χ4n) is 1.58. The standard InChI is InChI=1S/C14H14BrN3O2/c1-19-12-4-9(14(16)17)5-13(6-12)20-8-11-3-2-10(15)7-18-11/h2-7H,8H2,1H3,(H3,16,17). The molecule has 1 aromatic carbocycles. The van der Waals surface area contributed by atoms with Crippen LogP contribution in [0.4, 0.5) is 0 Å². The fourth-order valence-corrected chi connectivity index (χ4v) is 1.81. The first-order chi connectivity index (χ1) is 9.58. The lowest BCUT2D eigenvalue weighted by molar-refractivity contribution is 0.299. The van der Waals surface area contributed by atoms with Crippen molar-refractivity contribution in [3.8, 4) is 11.5 Å². The molecule has 5 nitrogen and oxygen atoms in total. The van der Waals surface area contributed by atoms with Gasteiger partial charge in [0.2, 0.25) is 0 Å². The SMILES string of the molecule is COc1cc(OCc2ccc(Br)cn2)cc(C(=N)N)c1. The molecule has 0 saturated carbocycles. The van der Waals surface area contributed by atoms with Crippen LogP contribution in [0.2, 0.25) is 0 Å². The molecule has 104 valence electrons. The predicted octanol–water partition coefficient (Wildman–Crippen LogP) is 2.72. The van der Waals surface area contributed by atoms with Gasteiger partial charge in [-0.3, -0.25) is 10.4 Å². The molecule has 0 saturated heterocycles. The van der Waals surface area contributed by atoms with E-state index in [-0.39, 0.29) is 5.84 Å². The zero-order valence-corrected chi connectivity index (χ0v) is 12.5. The van der Waals surface area contributed by atoms with Gasteiger partial charge in [-0.05, 0) is 40.2 Å². The first-order valence-corrected chi connectivity index (χ1v) is 6.64. The third-order valence-corrected chi connectivity index (χ3v) is 3.07. The van der Waals surface area contributed by atoms with Crippen LogP contribution >= 0.6 is 15.9 Å². The lowest BCUT2D eigenvalue weighted by Crippen LogP contribution is -2.11. The third kappa shape index (κ3) is 3.71. The van der Waals surface area contributed by atoms with Crippen LogP contribution in [0.15, 0.2) is 41.0 Å². The van der Waals surface area contributed by atoms with Crippen molar-refractivity contribution in [3.63, 3.8) is 0 Å². The number of rotatable bonds is 5. The number of amidine groups is 1. The largest absolute Gasteiger partial charge is 0.497 e. The summed E-state index contributed by atoms with van der Waals surface area (Å²) in [5, 5.41) is 7.47. The molecule has 20 heavy (non-hydrogen) atoms. The molecular weight excluding hydrogens is 322 g/mol. The molecule has 0 fully saturated rings. The summed E-state index contributed by atoms with van der Waals surface area (Å²) in [5.41, 5.74) is 6.85. The number of pyridine rings is 1. The summed E-state index contributed by atoms with van der Waals surface area (Å²) in [7, 11) is 1.55. The van der Waals surface area contributed by atoms with E-state index in [1.165, 1.54) is 0 Å². The third-order valence-electron chi connectivity index (χ3n) is 2.60. The Morgan fingerprint density at radius 3 is 2.65 bits per heavy atom. The second-order valence-corrected chi connectivity index (χ2v) is 4.98. The van der Waals surface area contributed by atoms with Gasteiger partial charge < -0.3 is 15.2 Å². The number of hydrogen-bond acceptors (Lipinski definition) is 4. The second-order valence-electron chi connectivity index (χ2n) is 4.07. The van der Waals surface area contributed by atoms with Crippen molar-refractivity contribution in [3.05, 3.63) is 52.3 Å². The number of hydrogen-bond donors (Lipinski definition) is 2. The van der Waals surface area contributed by atoms with E-state index in [0.717, 1.165) is 10.2 Å². The minimum absolute atomic E-state index is 0.0319. The Bertz CT molecular complexity index is 614. The minimum atomic E-state index is -0.0319. The Labute approximate surface area is 125 Å². The van der Waals surface area contributed by atoms with E-state index in [4.69, 9.17) is 20.6 Å². The second kappa shape index (κ2) is 6.38. The summed E-state index contributed by atoms with van der Waals surface area (Å²) >= 11 is 3.33. The van der Waals surface area contributed by atoms with Gasteiger partial charge in [-0.25, -0.2) is 0 Å². The van der Waals surface area contributed by atoms with Gasteiger partial charge >= 0.3 is 0 Å². The molecular formula is C14H14BrN3O2. The molecule has 6 heteroatoms. The lowest BCUT2D eigenvalue weighted by atomic mass is 10.2. The van der Waals surface area contributed by atoms with E-state index in [9.17, 15) is 0 Å². The quantitative estimate of drug-likeness (QED) is 0.650. The van der Waals surface area contributed by atoms with Crippen LogP contribution < -0.4 is 15.2 Å². The lowest BCUT2D eigenvalue weighted by Gasteiger charge is -2.10. The number of aromatic nitrogens is 1. The molecule has 3 N–H and O–H groups in total. The highest BCUT2D eigenvalue weighted by molar-refractivity contribution is 9.10. The molecule has 0 radical (unpaired) electrons. The zero-order valence-electron chi connectivity index (χ0n) is 10.9. The summed E-state index contributed by atoms with van der Waals surface area (Å²) in [6.07, 6.45) is 1.71. The maximum absolute atomic E-state index is 7.47. The highest BCUT2D eigenvalue weighted by Gasteiger charge is 2.05. The van der Waals surface area contributed by atoms with Crippen LogP contribution in [0.25, 0.3) is 0 Å². The van der Waals surface area contributed by atoms with E-state index in [1.54, 1.807) is 31.5 Å². The predicted molar refractivity (Wildman–Crippen MR) is 80.3 cm³/mol. The van der Waals surface area contributed by atoms with Gasteiger partial charge in [-0.1, -0.05) is 0 Å². The van der Waals surface area contributed by atoms with Crippen molar-refractivity contribution in [2.24, 2.45) is 5.73 Å². The molecule has 1 heterocycles. The number of nitrogens with zero attached hydrogens (tertiary/aromatic N) is 1. The molecule has 0 amide bonds. The molecule has 2 rings (SSSR count). The molecule has 2 aromatic rings. The molecule has 0 aliphatic rings. The molecule has 1 aromatic heterocycles. The number of methoxy groups -OCH3 is 1. The maximum Gasteiger partial charge on any atom is 0.130 e. The smallest absolute Gasteiger partial charge is 0.130 e. The monoisotopic (exact) mass is 335 g/mol. The number of halogens is 1. The first kappa shape index (κ1) is 14.3. The van der Waals surface area contributed by atoms with Crippen molar-refractivity contribution in [2.75, 3.05) is 7.11 Å². The molecule has 0 spiro atoms. The number of nitrogen functional groups attached to an aromatic ring is 1. The summed E-state index contributed by atoms with van der Waals surface area (Å²) in [5.74, 6) is 1.14. The average molecular weight is 336 g/mol. The molecule has 0 aliphatic carbocycles. The van der Waals surface area contributed by atoms with E-state index < -0.39 is 0 Å². The minimum Gasteiger partial charge on any atom is -0.497 e. The normalized spacial score (nSPS) is 10.1. The van der Waals surface area contributed by atoms with Crippen molar-refractivity contribution >= 4 is 21.8 Å². The Morgan fingerprint density at radius 1 is 1.30 bits per heavy atom. The number of nitrogens with two attached hydrogens (primary N) is 1. The van der Waals surface area contributed by atoms with Crippen LogP contribution in [0.1, 0.15) is 11.3 Å². The molecule has 0 unspecified atom stereocenters. The van der Waals surface area contributed by atoms with Crippen LogP contribution in [0, 0.1) is 5.41 Å². The Morgan fingerprint density at radius 2 is 2.05 bits per heavy atom. The van der Waals surface area contributed by atoms with Crippen LogP contribution in [-0.2, 0) is 6.61 Å². The average Bonchev–Trinajstić information content (AvgIpc) is 2.46. The highest BCUT2D eigenvalue weighted by atomic mass is 79.9. The molecule has 0 bridgehead atoms.